The third kappa shape index (κ3) is 3.95. The first-order valence-corrected chi connectivity index (χ1v) is 10.5. The van der Waals surface area contributed by atoms with Gasteiger partial charge in [-0.15, -0.1) is 0 Å². The zero-order valence-electron chi connectivity index (χ0n) is 17.4. The van der Waals surface area contributed by atoms with E-state index in [-0.39, 0.29) is 29.8 Å². The normalized spacial score (nSPS) is 25.5. The molecule has 2 aromatic rings. The summed E-state index contributed by atoms with van der Waals surface area (Å²) in [7, 11) is 1.37. The maximum absolute atomic E-state index is 13.5. The fraction of sp³-hybridized carbons (Fsp3) is 0.308. The number of fused-ring (bicyclic) bond motifs is 1. The van der Waals surface area contributed by atoms with Gasteiger partial charge in [-0.3, -0.25) is 4.79 Å². The van der Waals surface area contributed by atoms with Crippen LogP contribution in [0.1, 0.15) is 36.1 Å². The maximum atomic E-state index is 13.5. The van der Waals surface area contributed by atoms with E-state index in [0.29, 0.717) is 12.5 Å². The summed E-state index contributed by atoms with van der Waals surface area (Å²) in [5.41, 5.74) is 3.15. The zero-order chi connectivity index (χ0) is 21.1. The lowest BCUT2D eigenvalue weighted by atomic mass is 9.75. The minimum atomic E-state index is -0.383. The molecule has 0 N–H and O–H groups in total. The quantitative estimate of drug-likeness (QED) is 0.411. The summed E-state index contributed by atoms with van der Waals surface area (Å²) in [5.74, 6) is 0.355. The third-order valence-electron chi connectivity index (χ3n) is 6.22. The monoisotopic (exact) mass is 401 g/mol. The number of hydrogen-bond donors (Lipinski definition) is 0. The average molecular weight is 402 g/mol. The smallest absolute Gasteiger partial charge is 0.330 e. The van der Waals surface area contributed by atoms with Crippen LogP contribution < -0.4 is 0 Å². The van der Waals surface area contributed by atoms with Gasteiger partial charge in [0.05, 0.1) is 13.2 Å². The second-order valence-corrected chi connectivity index (χ2v) is 8.17. The number of benzene rings is 2. The van der Waals surface area contributed by atoms with Gasteiger partial charge in [-0.25, -0.2) is 4.79 Å². The van der Waals surface area contributed by atoms with Crippen LogP contribution in [0, 0.1) is 17.8 Å². The van der Waals surface area contributed by atoms with E-state index >= 15 is 0 Å². The lowest BCUT2D eigenvalue weighted by Crippen LogP contribution is -2.30. The number of ether oxygens (including phenoxy) is 1. The summed E-state index contributed by atoms with van der Waals surface area (Å²) >= 11 is 0. The average Bonchev–Trinajstić information content (AvgIpc) is 3.05. The van der Waals surface area contributed by atoms with Gasteiger partial charge in [0.25, 0.3) is 0 Å². The largest absolute Gasteiger partial charge is 0.466 e. The number of amides is 1. The Bertz CT molecular complexity index is 979. The van der Waals surface area contributed by atoms with Crippen molar-refractivity contribution >= 4 is 18.0 Å². The van der Waals surface area contributed by atoms with Crippen molar-refractivity contribution < 1.29 is 14.3 Å². The molecule has 0 bridgehead atoms. The van der Waals surface area contributed by atoms with Crippen LogP contribution in [0.2, 0.25) is 0 Å². The highest BCUT2D eigenvalue weighted by Crippen LogP contribution is 2.49. The molecule has 4 heteroatoms. The van der Waals surface area contributed by atoms with Gasteiger partial charge in [0.15, 0.2) is 0 Å². The van der Waals surface area contributed by atoms with E-state index in [1.165, 1.54) is 13.2 Å². The van der Waals surface area contributed by atoms with E-state index in [2.05, 4.69) is 43.3 Å². The van der Waals surface area contributed by atoms with E-state index in [1.807, 2.05) is 35.2 Å². The van der Waals surface area contributed by atoms with Gasteiger partial charge in [0.1, 0.15) is 0 Å². The minimum absolute atomic E-state index is 0.0120. The molecule has 0 unspecified atom stereocenters. The molecule has 4 atom stereocenters. The summed E-state index contributed by atoms with van der Waals surface area (Å²) in [5, 5.41) is 0. The molecule has 1 heterocycles. The summed E-state index contributed by atoms with van der Waals surface area (Å²) < 4.78 is 4.69. The molecular weight excluding hydrogens is 374 g/mol. The van der Waals surface area contributed by atoms with Crippen LogP contribution >= 0.6 is 0 Å². The number of esters is 1. The number of carbonyl (C=O) groups is 2. The van der Waals surface area contributed by atoms with E-state index in [0.717, 1.165) is 23.1 Å². The summed E-state index contributed by atoms with van der Waals surface area (Å²) in [6, 6.07) is 18.2. The van der Waals surface area contributed by atoms with Crippen molar-refractivity contribution in [1.82, 2.24) is 4.90 Å². The number of allylic oxidation sites excluding steroid dienone is 1. The van der Waals surface area contributed by atoms with Gasteiger partial charge in [-0.2, -0.15) is 0 Å². The van der Waals surface area contributed by atoms with E-state index in [9.17, 15) is 9.59 Å². The molecule has 154 valence electrons. The second-order valence-electron chi connectivity index (χ2n) is 8.17. The molecule has 4 nitrogen and oxygen atoms in total. The molecule has 4 rings (SSSR count). The standard InChI is InChI=1S/C26H27NO3/c1-18-8-6-13-22-24(18)26(29)27(17-20-9-4-3-5-10-20)25(22)21-12-7-11-19(16-21)14-15-23(28)30-2/h3-7,9-16,18,22,24-25H,8,17H2,1-2H3/b15-14+/t18-,22+,24+,25+/m1/s1. The summed E-state index contributed by atoms with van der Waals surface area (Å²) in [6.07, 6.45) is 8.57. The molecule has 1 amide bonds. The molecule has 1 saturated heterocycles. The molecule has 2 aromatic carbocycles. The van der Waals surface area contributed by atoms with Crippen molar-refractivity contribution in [1.29, 1.82) is 0 Å². The SMILES string of the molecule is COC(=O)/C=C/c1cccc([C@H]2[C@H]3C=CC[C@@H](C)[C@@H]3C(=O)N2Cc2ccccc2)c1. The maximum Gasteiger partial charge on any atom is 0.330 e. The van der Waals surface area contributed by atoms with Crippen molar-refractivity contribution in [3.8, 4) is 0 Å². The molecule has 0 spiro atoms. The predicted octanol–water partition coefficient (Wildman–Crippen LogP) is 4.78. The molecule has 0 saturated carbocycles. The van der Waals surface area contributed by atoms with E-state index < -0.39 is 0 Å². The zero-order valence-corrected chi connectivity index (χ0v) is 17.4. The molecule has 0 radical (unpaired) electrons. The van der Waals surface area contributed by atoms with Crippen LogP contribution in [0.15, 0.2) is 72.8 Å². The van der Waals surface area contributed by atoms with Crippen LogP contribution in [0.5, 0.6) is 0 Å². The van der Waals surface area contributed by atoms with Gasteiger partial charge < -0.3 is 9.64 Å². The Kier molecular flexibility index (Phi) is 5.84. The predicted molar refractivity (Wildman–Crippen MR) is 117 cm³/mol. The van der Waals surface area contributed by atoms with Gasteiger partial charge in [0, 0.05) is 24.5 Å². The lowest BCUT2D eigenvalue weighted by molar-refractivity contribution is -0.135. The van der Waals surface area contributed by atoms with Crippen LogP contribution in [-0.2, 0) is 20.9 Å². The van der Waals surface area contributed by atoms with Crippen molar-refractivity contribution in [2.75, 3.05) is 7.11 Å². The molecule has 1 aliphatic heterocycles. The number of carbonyl (C=O) groups excluding carboxylic acids is 2. The Balaban J connectivity index is 1.71. The first-order chi connectivity index (χ1) is 14.6. The highest BCUT2D eigenvalue weighted by molar-refractivity contribution is 5.87. The minimum Gasteiger partial charge on any atom is -0.466 e. The number of likely N-dealkylation sites (tertiary alicyclic amines) is 1. The van der Waals surface area contributed by atoms with Crippen LogP contribution in [0.3, 0.4) is 0 Å². The molecular formula is C26H27NO3. The van der Waals surface area contributed by atoms with Gasteiger partial charge in [0.2, 0.25) is 5.91 Å². The molecule has 1 aliphatic carbocycles. The lowest BCUT2D eigenvalue weighted by Gasteiger charge is -2.29. The Morgan fingerprint density at radius 3 is 2.73 bits per heavy atom. The highest BCUT2D eigenvalue weighted by atomic mass is 16.5. The Morgan fingerprint density at radius 2 is 1.97 bits per heavy atom. The van der Waals surface area contributed by atoms with Gasteiger partial charge in [-0.1, -0.05) is 67.6 Å². The number of rotatable bonds is 5. The first kappa shape index (κ1) is 20.1. The number of nitrogens with zero attached hydrogens (tertiary/aromatic N) is 1. The summed E-state index contributed by atoms with van der Waals surface area (Å²) in [6.45, 7) is 2.78. The molecule has 1 fully saturated rings. The third-order valence-corrected chi connectivity index (χ3v) is 6.22. The Morgan fingerprint density at radius 1 is 1.17 bits per heavy atom. The van der Waals surface area contributed by atoms with Crippen molar-refractivity contribution in [3.63, 3.8) is 0 Å². The van der Waals surface area contributed by atoms with Crippen LogP contribution in [0.4, 0.5) is 0 Å². The second kappa shape index (κ2) is 8.70. The van der Waals surface area contributed by atoms with E-state index in [4.69, 9.17) is 4.74 Å². The highest BCUT2D eigenvalue weighted by Gasteiger charge is 2.50. The Hall–Kier alpha value is -3.14. The topological polar surface area (TPSA) is 46.6 Å². The fourth-order valence-electron chi connectivity index (χ4n) is 4.78. The van der Waals surface area contributed by atoms with Crippen LogP contribution in [0.25, 0.3) is 6.08 Å². The van der Waals surface area contributed by atoms with Gasteiger partial charge in [-0.05, 0) is 41.2 Å². The van der Waals surface area contributed by atoms with Gasteiger partial charge >= 0.3 is 5.97 Å². The number of hydrogen-bond acceptors (Lipinski definition) is 3. The summed E-state index contributed by atoms with van der Waals surface area (Å²) in [4.78, 5) is 27.0. The van der Waals surface area contributed by atoms with Crippen molar-refractivity contribution in [2.45, 2.75) is 25.9 Å². The van der Waals surface area contributed by atoms with E-state index in [1.54, 1.807) is 6.08 Å². The van der Waals surface area contributed by atoms with Crippen LogP contribution in [-0.4, -0.2) is 23.9 Å². The fourth-order valence-corrected chi connectivity index (χ4v) is 4.78. The number of methoxy groups -OCH3 is 1. The molecule has 30 heavy (non-hydrogen) atoms. The first-order valence-electron chi connectivity index (χ1n) is 10.5. The van der Waals surface area contributed by atoms with Crippen molar-refractivity contribution in [2.24, 2.45) is 17.8 Å². The Labute approximate surface area is 177 Å². The molecule has 2 aliphatic rings. The van der Waals surface area contributed by atoms with Crippen molar-refractivity contribution in [3.05, 3.63) is 89.5 Å². The molecule has 0 aromatic heterocycles.